The van der Waals surface area contributed by atoms with Gasteiger partial charge in [0, 0.05) is 18.2 Å². The summed E-state index contributed by atoms with van der Waals surface area (Å²) in [6, 6.07) is 10.6. The quantitative estimate of drug-likeness (QED) is 0.457. The van der Waals surface area contributed by atoms with Crippen molar-refractivity contribution in [2.24, 2.45) is 5.41 Å². The summed E-state index contributed by atoms with van der Waals surface area (Å²) >= 11 is 0. The van der Waals surface area contributed by atoms with Crippen molar-refractivity contribution < 1.29 is 14.3 Å². The number of amides is 1. The highest BCUT2D eigenvalue weighted by atomic mass is 19.1. The van der Waals surface area contributed by atoms with Gasteiger partial charge in [0.25, 0.3) is 0 Å². The number of H-pyrrole nitrogens is 1. The minimum atomic E-state index is -1.11. The fraction of sp³-hybridized carbons (Fsp3) is 0.375. The summed E-state index contributed by atoms with van der Waals surface area (Å²) in [6.07, 6.45) is 4.18. The molecule has 7 heteroatoms. The van der Waals surface area contributed by atoms with E-state index in [4.69, 9.17) is 4.98 Å². The number of aromatic amines is 1. The molecule has 0 bridgehead atoms. The molecule has 0 saturated heterocycles. The monoisotopic (exact) mass is 424 g/mol. The zero-order chi connectivity index (χ0) is 22.6. The number of nitrogens with zero attached hydrogens (tertiary/aromatic N) is 2. The Morgan fingerprint density at radius 2 is 1.84 bits per heavy atom. The van der Waals surface area contributed by atoms with Crippen molar-refractivity contribution in [2.45, 2.75) is 52.5 Å². The average molecular weight is 425 g/mol. The van der Waals surface area contributed by atoms with Crippen molar-refractivity contribution in [3.05, 3.63) is 71.7 Å². The zero-order valence-corrected chi connectivity index (χ0v) is 18.4. The highest BCUT2D eigenvalue weighted by Crippen LogP contribution is 2.28. The summed E-state index contributed by atoms with van der Waals surface area (Å²) in [4.78, 5) is 23.5. The van der Waals surface area contributed by atoms with E-state index >= 15 is 0 Å². The molecule has 0 radical (unpaired) electrons. The van der Waals surface area contributed by atoms with Gasteiger partial charge >= 0.3 is 6.09 Å². The van der Waals surface area contributed by atoms with Crippen LogP contribution in [-0.2, 0) is 18.4 Å². The molecule has 164 valence electrons. The van der Waals surface area contributed by atoms with Crippen LogP contribution in [0.15, 0.2) is 48.8 Å². The SMILES string of the molecule is CCC(C)(C)Cc1c[nH]c(C(C)(Cc2ccc(-c3ccc(F)cn3)cc2)NC(=O)O)n1. The molecule has 0 fully saturated rings. The normalized spacial score (nSPS) is 13.6. The van der Waals surface area contributed by atoms with Crippen molar-refractivity contribution in [1.82, 2.24) is 20.3 Å². The molecule has 1 atom stereocenters. The van der Waals surface area contributed by atoms with E-state index in [-0.39, 0.29) is 11.2 Å². The molecule has 0 aliphatic carbocycles. The smallest absolute Gasteiger partial charge is 0.405 e. The molecule has 2 heterocycles. The lowest BCUT2D eigenvalue weighted by atomic mass is 9.85. The number of hydrogen-bond acceptors (Lipinski definition) is 3. The maximum Gasteiger partial charge on any atom is 0.405 e. The lowest BCUT2D eigenvalue weighted by Crippen LogP contribution is -2.45. The van der Waals surface area contributed by atoms with Crippen LogP contribution in [0.2, 0.25) is 0 Å². The molecule has 31 heavy (non-hydrogen) atoms. The van der Waals surface area contributed by atoms with Crippen molar-refractivity contribution >= 4 is 6.09 Å². The summed E-state index contributed by atoms with van der Waals surface area (Å²) in [6.45, 7) is 8.35. The molecule has 0 spiro atoms. The topological polar surface area (TPSA) is 90.9 Å². The van der Waals surface area contributed by atoms with Crippen molar-refractivity contribution in [3.63, 3.8) is 0 Å². The van der Waals surface area contributed by atoms with Crippen LogP contribution in [0, 0.1) is 11.2 Å². The van der Waals surface area contributed by atoms with Gasteiger partial charge in [0.2, 0.25) is 0 Å². The van der Waals surface area contributed by atoms with Crippen LogP contribution >= 0.6 is 0 Å². The van der Waals surface area contributed by atoms with E-state index in [1.165, 1.54) is 12.3 Å². The third-order valence-corrected chi connectivity index (χ3v) is 5.69. The van der Waals surface area contributed by atoms with E-state index < -0.39 is 11.6 Å². The summed E-state index contributed by atoms with van der Waals surface area (Å²) in [7, 11) is 0. The molecule has 0 aliphatic heterocycles. The molecule has 1 aromatic carbocycles. The summed E-state index contributed by atoms with van der Waals surface area (Å²) in [5.41, 5.74) is 2.59. The van der Waals surface area contributed by atoms with Gasteiger partial charge in [-0.1, -0.05) is 51.5 Å². The van der Waals surface area contributed by atoms with Gasteiger partial charge in [-0.2, -0.15) is 0 Å². The first-order valence-corrected chi connectivity index (χ1v) is 10.4. The molecule has 3 rings (SSSR count). The number of carboxylic acid groups (broad SMARTS) is 1. The number of rotatable bonds is 8. The van der Waals surface area contributed by atoms with E-state index in [1.54, 1.807) is 6.07 Å². The predicted molar refractivity (Wildman–Crippen MR) is 118 cm³/mol. The lowest BCUT2D eigenvalue weighted by Gasteiger charge is -2.28. The molecule has 2 aromatic heterocycles. The number of halogens is 1. The Bertz CT molecular complexity index is 1030. The van der Waals surface area contributed by atoms with Gasteiger partial charge in [0.1, 0.15) is 17.2 Å². The third-order valence-electron chi connectivity index (χ3n) is 5.69. The number of aromatic nitrogens is 3. The van der Waals surface area contributed by atoms with Crippen LogP contribution in [0.4, 0.5) is 9.18 Å². The van der Waals surface area contributed by atoms with E-state index in [1.807, 2.05) is 37.4 Å². The van der Waals surface area contributed by atoms with Gasteiger partial charge in [0.05, 0.1) is 17.6 Å². The maximum atomic E-state index is 13.1. The van der Waals surface area contributed by atoms with Crippen LogP contribution in [0.25, 0.3) is 11.3 Å². The Labute approximate surface area is 182 Å². The van der Waals surface area contributed by atoms with Crippen LogP contribution in [0.3, 0.4) is 0 Å². The molecule has 0 saturated carbocycles. The lowest BCUT2D eigenvalue weighted by molar-refractivity contribution is 0.178. The standard InChI is InChI=1S/C24H29FN4O2/c1-5-23(2,3)13-19-15-27-21(28-19)24(4,29-22(30)31)12-16-6-8-17(9-7-16)20-11-10-18(25)14-26-20/h6-11,14-15,29H,5,12-13H2,1-4H3,(H,27,28)(H,30,31). The molecule has 3 aromatic rings. The summed E-state index contributed by atoms with van der Waals surface area (Å²) < 4.78 is 13.1. The Kier molecular flexibility index (Phi) is 6.43. The summed E-state index contributed by atoms with van der Waals surface area (Å²) in [5, 5.41) is 12.1. The number of benzene rings is 1. The molecule has 0 aliphatic rings. The fourth-order valence-corrected chi connectivity index (χ4v) is 3.52. The fourth-order valence-electron chi connectivity index (χ4n) is 3.52. The van der Waals surface area contributed by atoms with Gasteiger partial charge in [0.15, 0.2) is 0 Å². The van der Waals surface area contributed by atoms with E-state index in [0.29, 0.717) is 17.9 Å². The Morgan fingerprint density at radius 1 is 1.13 bits per heavy atom. The van der Waals surface area contributed by atoms with Gasteiger partial charge in [-0.3, -0.25) is 4.98 Å². The number of hydrogen-bond donors (Lipinski definition) is 3. The first-order valence-electron chi connectivity index (χ1n) is 10.4. The van der Waals surface area contributed by atoms with E-state index in [9.17, 15) is 14.3 Å². The van der Waals surface area contributed by atoms with Gasteiger partial charge in [-0.15, -0.1) is 0 Å². The molecule has 1 unspecified atom stereocenters. The molecule has 3 N–H and O–H groups in total. The van der Waals surface area contributed by atoms with E-state index in [2.05, 4.69) is 36.1 Å². The third kappa shape index (κ3) is 5.69. The zero-order valence-electron chi connectivity index (χ0n) is 18.4. The van der Waals surface area contributed by atoms with Gasteiger partial charge in [-0.25, -0.2) is 14.2 Å². The second-order valence-corrected chi connectivity index (χ2v) is 8.93. The molecular formula is C24H29FN4O2. The molecule has 1 amide bonds. The van der Waals surface area contributed by atoms with Crippen molar-refractivity contribution in [1.29, 1.82) is 0 Å². The van der Waals surface area contributed by atoms with Crippen molar-refractivity contribution in [2.75, 3.05) is 0 Å². The predicted octanol–water partition coefficient (Wildman–Crippen LogP) is 5.32. The molecule has 6 nitrogen and oxygen atoms in total. The van der Waals surface area contributed by atoms with Crippen LogP contribution in [0.5, 0.6) is 0 Å². The Hall–Kier alpha value is -3.22. The van der Waals surface area contributed by atoms with Crippen molar-refractivity contribution in [3.8, 4) is 11.3 Å². The second kappa shape index (κ2) is 8.88. The largest absolute Gasteiger partial charge is 0.465 e. The highest BCUT2D eigenvalue weighted by molar-refractivity contribution is 5.66. The minimum Gasteiger partial charge on any atom is -0.465 e. The van der Waals surface area contributed by atoms with Crippen LogP contribution in [0.1, 0.15) is 51.2 Å². The Balaban J connectivity index is 1.83. The first-order chi connectivity index (χ1) is 14.6. The van der Waals surface area contributed by atoms with E-state index in [0.717, 1.165) is 29.7 Å². The van der Waals surface area contributed by atoms with Crippen LogP contribution in [-0.4, -0.2) is 26.2 Å². The molecular weight excluding hydrogens is 395 g/mol. The van der Waals surface area contributed by atoms with Crippen LogP contribution < -0.4 is 5.32 Å². The number of pyridine rings is 1. The Morgan fingerprint density at radius 3 is 2.42 bits per heavy atom. The number of imidazole rings is 1. The van der Waals surface area contributed by atoms with Gasteiger partial charge in [-0.05, 0) is 36.5 Å². The first kappa shape index (κ1) is 22.5. The second-order valence-electron chi connectivity index (χ2n) is 8.93. The average Bonchev–Trinajstić information content (AvgIpc) is 3.17. The van der Waals surface area contributed by atoms with Gasteiger partial charge < -0.3 is 15.4 Å². The minimum absolute atomic E-state index is 0.118. The number of nitrogens with one attached hydrogen (secondary N) is 2. The number of carbonyl (C=O) groups is 1. The highest BCUT2D eigenvalue weighted by Gasteiger charge is 2.33. The maximum absolute atomic E-state index is 13.1. The summed E-state index contributed by atoms with van der Waals surface area (Å²) in [5.74, 6) is 0.206.